The van der Waals surface area contributed by atoms with Crippen LogP contribution in [-0.2, 0) is 19.3 Å². The number of aromatic nitrogens is 5. The Morgan fingerprint density at radius 3 is 2.58 bits per heavy atom. The second kappa shape index (κ2) is 7.26. The van der Waals surface area contributed by atoms with Gasteiger partial charge in [0.05, 0.1) is 23.4 Å². The molecule has 0 atom stereocenters. The van der Waals surface area contributed by atoms with E-state index in [0.29, 0.717) is 6.07 Å². The summed E-state index contributed by atoms with van der Waals surface area (Å²) in [5, 5.41) is 12.4. The molecule has 26 heavy (non-hydrogen) atoms. The summed E-state index contributed by atoms with van der Waals surface area (Å²) in [5.74, 6) is -0.990. The third-order valence-corrected chi connectivity index (χ3v) is 3.32. The number of hydrogen-bond donors (Lipinski definition) is 1. The Hall–Kier alpha value is -2.72. The maximum absolute atomic E-state index is 13.3. The van der Waals surface area contributed by atoms with Crippen LogP contribution in [0.25, 0.3) is 5.95 Å². The van der Waals surface area contributed by atoms with Crippen molar-refractivity contribution in [1.82, 2.24) is 24.7 Å². The Balaban J connectivity index is 1.88. The summed E-state index contributed by atoms with van der Waals surface area (Å²) < 4.78 is 75.9. The van der Waals surface area contributed by atoms with Gasteiger partial charge in [-0.3, -0.25) is 0 Å². The van der Waals surface area contributed by atoms with Crippen LogP contribution in [0.4, 0.5) is 13.2 Å². The second-order valence-corrected chi connectivity index (χ2v) is 5.11. The van der Waals surface area contributed by atoms with Gasteiger partial charge in [0.25, 0.3) is 5.95 Å². The number of halogens is 4. The second-order valence-electron chi connectivity index (χ2n) is 4.71. The molecule has 2 heterocycles. The fraction of sp³-hybridized carbons (Fsp3) is 0.200. The quantitative estimate of drug-likeness (QED) is 0.722. The number of aliphatic hydroxyl groups is 1. The number of hydrogen-bond acceptors (Lipinski definition) is 6. The number of benzene rings is 1. The Morgan fingerprint density at radius 2 is 1.96 bits per heavy atom. The first-order chi connectivity index (χ1) is 13.8. The highest BCUT2D eigenvalue weighted by atomic mass is 35.5. The number of nitrogens with zero attached hydrogens (tertiary/aromatic N) is 5. The summed E-state index contributed by atoms with van der Waals surface area (Å²) in [5.41, 5.74) is -2.18. The molecule has 0 bridgehead atoms. The van der Waals surface area contributed by atoms with Gasteiger partial charge in [-0.25, -0.2) is 15.0 Å². The monoisotopic (exact) mass is 389 g/mol. The molecule has 0 fully saturated rings. The maximum Gasteiger partial charge on any atom is 0.416 e. The van der Waals surface area contributed by atoms with Gasteiger partial charge in [-0.15, -0.1) is 5.10 Å². The van der Waals surface area contributed by atoms with Crippen molar-refractivity contribution in [2.45, 2.75) is 19.3 Å². The van der Waals surface area contributed by atoms with E-state index in [0.717, 1.165) is 35.5 Å². The van der Waals surface area contributed by atoms with Gasteiger partial charge in [0, 0.05) is 10.6 Å². The molecule has 1 N–H and O–H groups in total. The molecule has 0 spiro atoms. The first-order valence-corrected chi connectivity index (χ1v) is 7.19. The van der Waals surface area contributed by atoms with Gasteiger partial charge in [0.2, 0.25) is 0 Å². The van der Waals surface area contributed by atoms with Crippen LogP contribution in [0.15, 0.2) is 36.9 Å². The molecule has 0 aliphatic heterocycles. The van der Waals surface area contributed by atoms with E-state index in [1.54, 1.807) is 0 Å². The number of rotatable bonds is 5. The van der Waals surface area contributed by atoms with Crippen LogP contribution in [0.5, 0.6) is 5.75 Å². The van der Waals surface area contributed by atoms with E-state index in [1.165, 1.54) is 0 Å². The lowest BCUT2D eigenvalue weighted by molar-refractivity contribution is -0.138. The largest absolute Gasteiger partial charge is 0.486 e. The highest BCUT2D eigenvalue weighted by molar-refractivity contribution is 6.31. The van der Waals surface area contributed by atoms with Crippen molar-refractivity contribution in [2.24, 2.45) is 0 Å². The zero-order valence-corrected chi connectivity index (χ0v) is 13.3. The summed E-state index contributed by atoms with van der Waals surface area (Å²) in [6, 6.07) is 2.84. The Morgan fingerprint density at radius 1 is 1.23 bits per heavy atom. The van der Waals surface area contributed by atoms with E-state index < -0.39 is 41.3 Å². The van der Waals surface area contributed by atoms with Crippen LogP contribution in [0.1, 0.15) is 22.4 Å². The minimum Gasteiger partial charge on any atom is -0.486 e. The smallest absolute Gasteiger partial charge is 0.416 e. The molecule has 3 aromatic rings. The minimum absolute atomic E-state index is 0.139. The normalized spacial score (nSPS) is 15.0. The zero-order chi connectivity index (χ0) is 22.3. The molecule has 0 aliphatic carbocycles. The van der Waals surface area contributed by atoms with E-state index in [4.69, 9.17) is 21.8 Å². The van der Waals surface area contributed by atoms with Gasteiger partial charge >= 0.3 is 6.18 Å². The summed E-state index contributed by atoms with van der Waals surface area (Å²) in [6.45, 7) is -5.75. The predicted octanol–water partition coefficient (Wildman–Crippen LogP) is 2.80. The minimum atomic E-state index is -4.86. The molecule has 0 unspecified atom stereocenters. The van der Waals surface area contributed by atoms with Gasteiger partial charge in [-0.05, 0) is 12.1 Å². The van der Waals surface area contributed by atoms with Gasteiger partial charge < -0.3 is 9.84 Å². The number of ether oxygens (including phenoxy) is 1. The third kappa shape index (κ3) is 3.92. The van der Waals surface area contributed by atoms with Crippen LogP contribution in [-0.4, -0.2) is 29.8 Å². The average Bonchev–Trinajstić information content (AvgIpc) is 3.11. The standard InChI is InChI=1S/C15H11ClF3N5O2/c16-12-3-1-2-11(15(17,18)19)10(12)7-26-9-4-20-14(21-5-9)24-8-22-13(6-25)23-24/h1-5,8,25H,6-7H2/i6D2,7D2. The van der Waals surface area contributed by atoms with Crippen molar-refractivity contribution in [3.05, 3.63) is 58.9 Å². The zero-order valence-electron chi connectivity index (χ0n) is 16.6. The Labute approximate surface area is 155 Å². The highest BCUT2D eigenvalue weighted by Gasteiger charge is 2.34. The van der Waals surface area contributed by atoms with Crippen molar-refractivity contribution >= 4 is 11.6 Å². The molecule has 2 aromatic heterocycles. The van der Waals surface area contributed by atoms with E-state index in [-0.39, 0.29) is 11.7 Å². The first-order valence-electron chi connectivity index (χ1n) is 8.81. The van der Waals surface area contributed by atoms with Gasteiger partial charge in [-0.2, -0.15) is 17.9 Å². The lowest BCUT2D eigenvalue weighted by atomic mass is 10.1. The van der Waals surface area contributed by atoms with Gasteiger partial charge in [-0.1, -0.05) is 17.7 Å². The predicted molar refractivity (Wildman–Crippen MR) is 83.7 cm³/mol. The van der Waals surface area contributed by atoms with E-state index in [2.05, 4.69) is 20.1 Å². The molecule has 0 aliphatic rings. The fourth-order valence-corrected chi connectivity index (χ4v) is 2.08. The topological polar surface area (TPSA) is 86.0 Å². The van der Waals surface area contributed by atoms with Crippen LogP contribution in [0.2, 0.25) is 5.02 Å². The molecule has 7 nitrogen and oxygen atoms in total. The number of alkyl halides is 3. The van der Waals surface area contributed by atoms with Crippen LogP contribution in [0, 0.1) is 0 Å². The molecule has 0 radical (unpaired) electrons. The highest BCUT2D eigenvalue weighted by Crippen LogP contribution is 2.35. The Kier molecular flexibility index (Phi) is 3.76. The SMILES string of the molecule is [2H]C([2H])(O)c1ncn(-c2ncc(OC([2H])([2H])c3c(Cl)cccc3C(F)(F)F)cn2)n1. The van der Waals surface area contributed by atoms with Crippen molar-refractivity contribution in [3.8, 4) is 11.7 Å². The van der Waals surface area contributed by atoms with Crippen LogP contribution in [0.3, 0.4) is 0 Å². The lowest BCUT2D eigenvalue weighted by Gasteiger charge is -2.14. The van der Waals surface area contributed by atoms with E-state index in [1.807, 2.05) is 0 Å². The van der Waals surface area contributed by atoms with Crippen LogP contribution < -0.4 is 4.74 Å². The van der Waals surface area contributed by atoms with Crippen molar-refractivity contribution < 1.29 is 28.5 Å². The summed E-state index contributed by atoms with van der Waals surface area (Å²) >= 11 is 5.81. The van der Waals surface area contributed by atoms with E-state index >= 15 is 0 Å². The molecule has 11 heteroatoms. The molecular formula is C15H11ClF3N5O2. The molecule has 1 aromatic carbocycles. The first kappa shape index (κ1) is 13.5. The Bertz CT molecular complexity index is 1060. The van der Waals surface area contributed by atoms with E-state index in [9.17, 15) is 18.3 Å². The van der Waals surface area contributed by atoms with Crippen molar-refractivity contribution in [1.29, 1.82) is 0 Å². The molecule has 0 saturated carbocycles. The van der Waals surface area contributed by atoms with Crippen molar-refractivity contribution in [3.63, 3.8) is 0 Å². The third-order valence-electron chi connectivity index (χ3n) is 3.00. The lowest BCUT2D eigenvalue weighted by Crippen LogP contribution is -2.11. The summed E-state index contributed by atoms with van der Waals surface area (Å²) in [6.07, 6.45) is -1.89. The van der Waals surface area contributed by atoms with Gasteiger partial charge in [0.1, 0.15) is 19.4 Å². The van der Waals surface area contributed by atoms with Crippen molar-refractivity contribution in [2.75, 3.05) is 0 Å². The molecule has 3 rings (SSSR count). The van der Waals surface area contributed by atoms with Gasteiger partial charge in [0.15, 0.2) is 11.6 Å². The maximum atomic E-state index is 13.3. The summed E-state index contributed by atoms with van der Waals surface area (Å²) in [4.78, 5) is 11.2. The fourth-order valence-electron chi connectivity index (χ4n) is 1.87. The molecule has 136 valence electrons. The average molecular weight is 390 g/mol. The molecule has 0 amide bonds. The summed E-state index contributed by atoms with van der Waals surface area (Å²) in [7, 11) is 0. The molecular weight excluding hydrogens is 375 g/mol. The van der Waals surface area contributed by atoms with Crippen LogP contribution >= 0.6 is 11.6 Å². The molecule has 0 saturated heterocycles.